The second-order valence-corrected chi connectivity index (χ2v) is 5.47. The largest absolute Gasteiger partial charge is 0.490 e. The SMILES string of the molecule is CCCc1ccc(OCCOc2ccc(C=NO)cc2OCC)cc1. The Labute approximate surface area is 148 Å². The summed E-state index contributed by atoms with van der Waals surface area (Å²) in [6, 6.07) is 13.5. The number of aryl methyl sites for hydroxylation is 1. The van der Waals surface area contributed by atoms with Crippen LogP contribution in [0.15, 0.2) is 47.6 Å². The molecule has 0 amide bonds. The highest BCUT2D eigenvalue weighted by molar-refractivity contribution is 5.80. The van der Waals surface area contributed by atoms with Gasteiger partial charge in [-0.05, 0) is 49.2 Å². The molecule has 134 valence electrons. The van der Waals surface area contributed by atoms with E-state index in [2.05, 4.69) is 24.2 Å². The Morgan fingerprint density at radius 1 is 0.920 bits per heavy atom. The Morgan fingerprint density at radius 3 is 2.36 bits per heavy atom. The van der Waals surface area contributed by atoms with Gasteiger partial charge in [-0.25, -0.2) is 0 Å². The fourth-order valence-electron chi connectivity index (χ4n) is 2.41. The lowest BCUT2D eigenvalue weighted by atomic mass is 10.1. The quantitative estimate of drug-likeness (QED) is 0.302. The normalized spacial score (nSPS) is 10.8. The van der Waals surface area contributed by atoms with E-state index in [1.54, 1.807) is 18.2 Å². The van der Waals surface area contributed by atoms with Crippen LogP contribution in [0.3, 0.4) is 0 Å². The molecular formula is C20H25NO4. The van der Waals surface area contributed by atoms with Gasteiger partial charge in [0, 0.05) is 5.56 Å². The summed E-state index contributed by atoms with van der Waals surface area (Å²) in [4.78, 5) is 0. The van der Waals surface area contributed by atoms with E-state index < -0.39 is 0 Å². The van der Waals surface area contributed by atoms with Crippen molar-refractivity contribution in [3.63, 3.8) is 0 Å². The first kappa shape index (κ1) is 18.6. The number of nitrogens with zero attached hydrogens (tertiary/aromatic N) is 1. The summed E-state index contributed by atoms with van der Waals surface area (Å²) in [6.07, 6.45) is 3.57. The highest BCUT2D eigenvalue weighted by atomic mass is 16.5. The number of hydrogen-bond acceptors (Lipinski definition) is 5. The van der Waals surface area contributed by atoms with Crippen LogP contribution < -0.4 is 14.2 Å². The van der Waals surface area contributed by atoms with Crippen molar-refractivity contribution in [3.8, 4) is 17.2 Å². The molecule has 0 bridgehead atoms. The third-order valence-electron chi connectivity index (χ3n) is 3.55. The predicted octanol–water partition coefficient (Wildman–Crippen LogP) is 4.30. The van der Waals surface area contributed by atoms with Crippen molar-refractivity contribution in [2.45, 2.75) is 26.7 Å². The summed E-state index contributed by atoms with van der Waals surface area (Å²) < 4.78 is 17.0. The molecule has 2 rings (SSSR count). The van der Waals surface area contributed by atoms with Gasteiger partial charge in [-0.15, -0.1) is 0 Å². The van der Waals surface area contributed by atoms with Gasteiger partial charge in [0.2, 0.25) is 0 Å². The molecule has 0 unspecified atom stereocenters. The lowest BCUT2D eigenvalue weighted by Crippen LogP contribution is -2.10. The summed E-state index contributed by atoms with van der Waals surface area (Å²) in [7, 11) is 0. The summed E-state index contributed by atoms with van der Waals surface area (Å²) >= 11 is 0. The van der Waals surface area contributed by atoms with Gasteiger partial charge >= 0.3 is 0 Å². The smallest absolute Gasteiger partial charge is 0.161 e. The Hall–Kier alpha value is -2.69. The highest BCUT2D eigenvalue weighted by Gasteiger charge is 2.06. The zero-order valence-electron chi connectivity index (χ0n) is 14.8. The summed E-state index contributed by atoms with van der Waals surface area (Å²) in [5, 5.41) is 11.6. The molecule has 0 aromatic heterocycles. The number of ether oxygens (including phenoxy) is 3. The van der Waals surface area contributed by atoms with Crippen molar-refractivity contribution in [2.24, 2.45) is 5.16 Å². The number of oxime groups is 1. The predicted molar refractivity (Wildman–Crippen MR) is 98.4 cm³/mol. The monoisotopic (exact) mass is 343 g/mol. The van der Waals surface area contributed by atoms with E-state index in [0.29, 0.717) is 31.3 Å². The molecule has 2 aromatic rings. The van der Waals surface area contributed by atoms with Gasteiger partial charge in [0.05, 0.1) is 12.8 Å². The van der Waals surface area contributed by atoms with Gasteiger partial charge in [0.25, 0.3) is 0 Å². The van der Waals surface area contributed by atoms with E-state index in [9.17, 15) is 0 Å². The zero-order valence-corrected chi connectivity index (χ0v) is 14.8. The first-order chi connectivity index (χ1) is 12.3. The van der Waals surface area contributed by atoms with Crippen molar-refractivity contribution >= 4 is 6.21 Å². The molecule has 0 saturated heterocycles. The summed E-state index contributed by atoms with van der Waals surface area (Å²) in [5.74, 6) is 2.09. The van der Waals surface area contributed by atoms with E-state index in [4.69, 9.17) is 19.4 Å². The summed E-state index contributed by atoms with van der Waals surface area (Å²) in [6.45, 7) is 5.45. The molecule has 0 heterocycles. The maximum atomic E-state index is 8.62. The molecule has 0 saturated carbocycles. The van der Waals surface area contributed by atoms with Gasteiger partial charge in [0.15, 0.2) is 11.5 Å². The molecule has 0 spiro atoms. The molecular weight excluding hydrogens is 318 g/mol. The Balaban J connectivity index is 1.86. The molecule has 0 aliphatic carbocycles. The maximum Gasteiger partial charge on any atom is 0.161 e. The first-order valence-corrected chi connectivity index (χ1v) is 8.55. The fourth-order valence-corrected chi connectivity index (χ4v) is 2.41. The van der Waals surface area contributed by atoms with Crippen molar-refractivity contribution < 1.29 is 19.4 Å². The molecule has 0 fully saturated rings. The van der Waals surface area contributed by atoms with E-state index in [1.807, 2.05) is 19.1 Å². The minimum atomic E-state index is 0.407. The third kappa shape index (κ3) is 6.03. The van der Waals surface area contributed by atoms with E-state index in [0.717, 1.165) is 24.2 Å². The van der Waals surface area contributed by atoms with Crippen molar-refractivity contribution in [2.75, 3.05) is 19.8 Å². The van der Waals surface area contributed by atoms with Gasteiger partial charge in [-0.3, -0.25) is 0 Å². The number of hydrogen-bond donors (Lipinski definition) is 1. The molecule has 2 aromatic carbocycles. The molecule has 0 aliphatic rings. The van der Waals surface area contributed by atoms with Gasteiger partial charge in [-0.1, -0.05) is 30.6 Å². The minimum Gasteiger partial charge on any atom is -0.490 e. The van der Waals surface area contributed by atoms with Crippen LogP contribution in [0.25, 0.3) is 0 Å². The molecule has 1 N–H and O–H groups in total. The van der Waals surface area contributed by atoms with Gasteiger partial charge < -0.3 is 19.4 Å². The second kappa shape index (κ2) is 10.2. The molecule has 5 nitrogen and oxygen atoms in total. The third-order valence-corrected chi connectivity index (χ3v) is 3.55. The standard InChI is InChI=1S/C20H25NO4/c1-3-5-16-6-9-18(10-7-16)24-12-13-25-19-11-8-17(15-21-22)14-20(19)23-4-2/h6-11,14-15,22H,3-5,12-13H2,1-2H3. The maximum absolute atomic E-state index is 8.62. The fraction of sp³-hybridized carbons (Fsp3) is 0.350. The topological polar surface area (TPSA) is 60.3 Å². The highest BCUT2D eigenvalue weighted by Crippen LogP contribution is 2.28. The molecule has 0 atom stereocenters. The van der Waals surface area contributed by atoms with E-state index in [-0.39, 0.29) is 0 Å². The lowest BCUT2D eigenvalue weighted by molar-refractivity contribution is 0.208. The zero-order chi connectivity index (χ0) is 17.9. The number of rotatable bonds is 10. The lowest BCUT2D eigenvalue weighted by Gasteiger charge is -2.13. The summed E-state index contributed by atoms with van der Waals surface area (Å²) in [5.41, 5.74) is 2.06. The Kier molecular flexibility index (Phi) is 7.63. The Morgan fingerprint density at radius 2 is 1.68 bits per heavy atom. The second-order valence-electron chi connectivity index (χ2n) is 5.47. The van der Waals surface area contributed by atoms with Crippen LogP contribution in [0.4, 0.5) is 0 Å². The van der Waals surface area contributed by atoms with Crippen LogP contribution >= 0.6 is 0 Å². The average Bonchev–Trinajstić information content (AvgIpc) is 2.62. The molecule has 0 aliphatic heterocycles. The first-order valence-electron chi connectivity index (χ1n) is 8.55. The van der Waals surface area contributed by atoms with Crippen LogP contribution in [-0.4, -0.2) is 31.2 Å². The van der Waals surface area contributed by atoms with E-state index in [1.165, 1.54) is 11.8 Å². The van der Waals surface area contributed by atoms with E-state index >= 15 is 0 Å². The van der Waals surface area contributed by atoms with Crippen molar-refractivity contribution in [3.05, 3.63) is 53.6 Å². The van der Waals surface area contributed by atoms with Crippen LogP contribution in [0.1, 0.15) is 31.4 Å². The minimum absolute atomic E-state index is 0.407. The number of benzene rings is 2. The van der Waals surface area contributed by atoms with Crippen LogP contribution in [0, 0.1) is 0 Å². The average molecular weight is 343 g/mol. The molecule has 5 heteroatoms. The van der Waals surface area contributed by atoms with Crippen molar-refractivity contribution in [1.29, 1.82) is 0 Å². The van der Waals surface area contributed by atoms with Crippen LogP contribution in [0.2, 0.25) is 0 Å². The Bertz CT molecular complexity index is 668. The van der Waals surface area contributed by atoms with Gasteiger partial charge in [0.1, 0.15) is 19.0 Å². The van der Waals surface area contributed by atoms with Crippen LogP contribution in [-0.2, 0) is 6.42 Å². The van der Waals surface area contributed by atoms with Crippen molar-refractivity contribution in [1.82, 2.24) is 0 Å². The molecule has 25 heavy (non-hydrogen) atoms. The van der Waals surface area contributed by atoms with Crippen LogP contribution in [0.5, 0.6) is 17.2 Å². The van der Waals surface area contributed by atoms with Gasteiger partial charge in [-0.2, -0.15) is 0 Å². The molecule has 0 radical (unpaired) electrons.